The number of aryl methyl sites for hydroxylation is 1. The van der Waals surface area contributed by atoms with Crippen LogP contribution in [0.25, 0.3) is 22.0 Å². The number of benzene rings is 3. The topological polar surface area (TPSA) is 43.2 Å². The van der Waals surface area contributed by atoms with Crippen molar-refractivity contribution >= 4 is 22.5 Å². The van der Waals surface area contributed by atoms with Gasteiger partial charge in [-0.3, -0.25) is 4.79 Å². The summed E-state index contributed by atoms with van der Waals surface area (Å²) in [6.45, 7) is 4.05. The third-order valence-electron chi connectivity index (χ3n) is 7.92. The van der Waals surface area contributed by atoms with Gasteiger partial charge in [-0.25, -0.2) is 9.37 Å². The van der Waals surface area contributed by atoms with E-state index in [1.165, 1.54) is 37.7 Å². The molecule has 7 heteroatoms. The molecule has 1 aromatic heterocycles. The smallest absolute Gasteiger partial charge is 0.321 e. The van der Waals surface area contributed by atoms with Crippen LogP contribution >= 0.6 is 0 Å². The van der Waals surface area contributed by atoms with Crippen molar-refractivity contribution in [2.45, 2.75) is 58.0 Å². The third-order valence-corrected chi connectivity index (χ3v) is 7.92. The zero-order chi connectivity index (χ0) is 27.7. The number of carbonyl (C=O) groups excluding carboxylic acids is 1. The highest BCUT2D eigenvalue weighted by atomic mass is 19.4. The summed E-state index contributed by atoms with van der Waals surface area (Å²) in [5.74, 6) is -0.272. The number of halogens is 4. The summed E-state index contributed by atoms with van der Waals surface area (Å²) in [6, 6.07) is 18.1. The highest BCUT2D eigenvalue weighted by Gasteiger charge is 2.34. The Hall–Kier alpha value is -3.74. The van der Waals surface area contributed by atoms with Crippen molar-refractivity contribution in [3.63, 3.8) is 0 Å². The van der Waals surface area contributed by atoms with Gasteiger partial charge in [0.15, 0.2) is 5.69 Å². The first-order valence-electron chi connectivity index (χ1n) is 13.4. The van der Waals surface area contributed by atoms with Crippen LogP contribution in [0, 0.1) is 18.7 Å². The summed E-state index contributed by atoms with van der Waals surface area (Å²) in [7, 11) is 0. The first-order valence-corrected chi connectivity index (χ1v) is 13.4. The standard InChI is InChI=1S/C32H30F4N2O/c1-3-20-4-6-21(7-5-20)22-8-10-23(11-9-22)24-12-14-26-27(16-19(2)37-30(26)17-24)31(39)38-29-15-13-25(33)18-28(29)32(34,35)36/h8-18,20-21H,3-7H2,1-2H3,(H,38,39)/p+1. The SMILES string of the molecule is CCC1CCC(c2ccc(-c3ccc4c(C(=O)Nc5ccc(F)cc5C(F)(F)F)cc(C)[nH+]c4c3)cc2)CC1. The molecule has 5 rings (SSSR count). The lowest BCUT2D eigenvalue weighted by Gasteiger charge is -2.28. The number of alkyl halides is 3. The maximum absolute atomic E-state index is 13.5. The molecule has 3 aromatic carbocycles. The predicted molar refractivity (Wildman–Crippen MR) is 145 cm³/mol. The molecule has 39 heavy (non-hydrogen) atoms. The fourth-order valence-electron chi connectivity index (χ4n) is 5.69. The van der Waals surface area contributed by atoms with E-state index in [2.05, 4.69) is 41.5 Å². The van der Waals surface area contributed by atoms with E-state index in [0.29, 0.717) is 28.6 Å². The molecule has 1 heterocycles. The number of H-pyrrole nitrogens is 1. The van der Waals surface area contributed by atoms with Gasteiger partial charge in [0.2, 0.25) is 5.52 Å². The Kier molecular flexibility index (Phi) is 7.43. The minimum Gasteiger partial charge on any atom is -0.321 e. The molecule has 0 spiro atoms. The first-order chi connectivity index (χ1) is 18.6. The lowest BCUT2D eigenvalue weighted by atomic mass is 9.77. The molecule has 4 aromatic rings. The van der Waals surface area contributed by atoms with E-state index in [1.54, 1.807) is 19.1 Å². The fraction of sp³-hybridized carbons (Fsp3) is 0.312. The van der Waals surface area contributed by atoms with Gasteiger partial charge in [-0.1, -0.05) is 43.7 Å². The maximum Gasteiger partial charge on any atom is 0.418 e. The molecular weight excluding hydrogens is 504 g/mol. The molecule has 3 nitrogen and oxygen atoms in total. The van der Waals surface area contributed by atoms with E-state index in [9.17, 15) is 22.4 Å². The Labute approximate surface area is 225 Å². The number of fused-ring (bicyclic) bond motifs is 1. The zero-order valence-electron chi connectivity index (χ0n) is 22.0. The fourth-order valence-corrected chi connectivity index (χ4v) is 5.69. The van der Waals surface area contributed by atoms with E-state index in [-0.39, 0.29) is 5.56 Å². The summed E-state index contributed by atoms with van der Waals surface area (Å²) >= 11 is 0. The van der Waals surface area contributed by atoms with Crippen LogP contribution in [-0.4, -0.2) is 5.91 Å². The predicted octanol–water partition coefficient (Wildman–Crippen LogP) is 8.72. The highest BCUT2D eigenvalue weighted by molar-refractivity contribution is 6.12. The summed E-state index contributed by atoms with van der Waals surface area (Å²) < 4.78 is 53.8. The monoisotopic (exact) mass is 535 g/mol. The van der Waals surface area contributed by atoms with E-state index in [4.69, 9.17) is 0 Å². The second kappa shape index (κ2) is 10.8. The normalized spacial score (nSPS) is 17.8. The Bertz CT molecular complexity index is 1500. The second-order valence-corrected chi connectivity index (χ2v) is 10.5. The zero-order valence-corrected chi connectivity index (χ0v) is 22.0. The third kappa shape index (κ3) is 5.82. The van der Waals surface area contributed by atoms with Gasteiger partial charge in [0, 0.05) is 19.1 Å². The molecular formula is C32H31F4N2O+. The molecule has 0 bridgehead atoms. The van der Waals surface area contributed by atoms with E-state index in [1.807, 2.05) is 12.1 Å². The van der Waals surface area contributed by atoms with Gasteiger partial charge >= 0.3 is 6.18 Å². The average Bonchev–Trinajstić information content (AvgIpc) is 2.92. The van der Waals surface area contributed by atoms with Crippen molar-refractivity contribution in [2.75, 3.05) is 5.32 Å². The number of aromatic amines is 1. The molecule has 1 fully saturated rings. The number of nitrogens with one attached hydrogen (secondary N) is 2. The second-order valence-electron chi connectivity index (χ2n) is 10.5. The van der Waals surface area contributed by atoms with Crippen molar-refractivity contribution in [3.8, 4) is 11.1 Å². The van der Waals surface area contributed by atoms with Crippen LogP contribution in [0.3, 0.4) is 0 Å². The van der Waals surface area contributed by atoms with Crippen LogP contribution in [0.2, 0.25) is 0 Å². The summed E-state index contributed by atoms with van der Waals surface area (Å²) in [5.41, 5.74) is 3.25. The minimum absolute atomic E-state index is 0.225. The van der Waals surface area contributed by atoms with Crippen molar-refractivity contribution in [3.05, 3.63) is 94.9 Å². The number of hydrogen-bond acceptors (Lipinski definition) is 1. The molecule has 0 saturated heterocycles. The Morgan fingerprint density at radius 3 is 2.28 bits per heavy atom. The van der Waals surface area contributed by atoms with Crippen LogP contribution in [0.4, 0.5) is 23.2 Å². The van der Waals surface area contributed by atoms with Crippen LogP contribution < -0.4 is 10.3 Å². The molecule has 1 aliphatic carbocycles. The number of rotatable bonds is 5. The largest absolute Gasteiger partial charge is 0.418 e. The quantitative estimate of drug-likeness (QED) is 0.255. The van der Waals surface area contributed by atoms with Crippen molar-refractivity contribution in [1.82, 2.24) is 0 Å². The van der Waals surface area contributed by atoms with Gasteiger partial charge < -0.3 is 5.32 Å². The number of aromatic nitrogens is 1. The van der Waals surface area contributed by atoms with Crippen LogP contribution in [0.15, 0.2) is 66.7 Å². The van der Waals surface area contributed by atoms with Gasteiger partial charge in [0.1, 0.15) is 5.82 Å². The van der Waals surface area contributed by atoms with E-state index in [0.717, 1.165) is 29.2 Å². The van der Waals surface area contributed by atoms with Gasteiger partial charge in [-0.2, -0.15) is 13.2 Å². The molecule has 0 atom stereocenters. The Balaban J connectivity index is 1.41. The maximum atomic E-state index is 13.5. The highest BCUT2D eigenvalue weighted by Crippen LogP contribution is 2.38. The number of carbonyl (C=O) groups is 1. The van der Waals surface area contributed by atoms with Crippen molar-refractivity contribution < 1.29 is 27.3 Å². The van der Waals surface area contributed by atoms with E-state index >= 15 is 0 Å². The molecule has 1 amide bonds. The first kappa shape index (κ1) is 26.9. The van der Waals surface area contributed by atoms with Crippen LogP contribution in [-0.2, 0) is 6.18 Å². The number of hydrogen-bond donors (Lipinski definition) is 1. The van der Waals surface area contributed by atoms with Crippen LogP contribution in [0.1, 0.15) is 72.1 Å². The van der Waals surface area contributed by atoms with Crippen LogP contribution in [0.5, 0.6) is 0 Å². The average molecular weight is 536 g/mol. The van der Waals surface area contributed by atoms with Gasteiger partial charge in [-0.15, -0.1) is 0 Å². The van der Waals surface area contributed by atoms with Gasteiger partial charge in [0.25, 0.3) is 5.91 Å². The number of anilines is 1. The molecule has 1 aliphatic rings. The molecule has 1 saturated carbocycles. The minimum atomic E-state index is -4.81. The van der Waals surface area contributed by atoms with Crippen molar-refractivity contribution in [1.29, 1.82) is 0 Å². The molecule has 2 N–H and O–H groups in total. The lowest BCUT2D eigenvalue weighted by molar-refractivity contribution is -0.354. The summed E-state index contributed by atoms with van der Waals surface area (Å²) in [6.07, 6.45) is 1.49. The lowest BCUT2D eigenvalue weighted by Crippen LogP contribution is -2.19. The Morgan fingerprint density at radius 1 is 0.923 bits per heavy atom. The molecule has 202 valence electrons. The van der Waals surface area contributed by atoms with Gasteiger partial charge in [-0.05, 0) is 78.5 Å². The summed E-state index contributed by atoms with van der Waals surface area (Å²) in [5, 5.41) is 2.90. The Morgan fingerprint density at radius 2 is 1.62 bits per heavy atom. The van der Waals surface area contributed by atoms with Gasteiger partial charge in [0.05, 0.1) is 22.2 Å². The number of amides is 1. The molecule has 0 aliphatic heterocycles. The van der Waals surface area contributed by atoms with E-state index < -0.39 is 29.2 Å². The number of pyridine rings is 1. The summed E-state index contributed by atoms with van der Waals surface area (Å²) in [4.78, 5) is 16.4. The van der Waals surface area contributed by atoms with Crippen molar-refractivity contribution in [2.24, 2.45) is 5.92 Å². The molecule has 0 unspecified atom stereocenters. The molecule has 0 radical (unpaired) electrons.